The van der Waals surface area contributed by atoms with Gasteiger partial charge in [0.05, 0.1) is 16.6 Å². The van der Waals surface area contributed by atoms with E-state index < -0.39 is 0 Å². The highest BCUT2D eigenvalue weighted by Gasteiger charge is 2.06. The molecule has 2 aromatic rings. The van der Waals surface area contributed by atoms with Crippen LogP contribution in [0.25, 0.3) is 0 Å². The summed E-state index contributed by atoms with van der Waals surface area (Å²) in [4.78, 5) is 0. The van der Waals surface area contributed by atoms with Gasteiger partial charge >= 0.3 is 0 Å². The zero-order chi connectivity index (χ0) is 10.8. The van der Waals surface area contributed by atoms with Gasteiger partial charge in [-0.2, -0.15) is 5.10 Å². The first-order chi connectivity index (χ1) is 7.18. The van der Waals surface area contributed by atoms with Gasteiger partial charge in [-0.3, -0.25) is 4.68 Å². The standard InChI is InChI=1S/C11H10Cl2N2/c1-8-5-6-14-15(8)7-9-3-2-4-10(12)11(9)13/h2-6H,7H2,1H3. The highest BCUT2D eigenvalue weighted by molar-refractivity contribution is 6.42. The van der Waals surface area contributed by atoms with Crippen molar-refractivity contribution in [3.63, 3.8) is 0 Å². The molecule has 0 spiro atoms. The van der Waals surface area contributed by atoms with E-state index >= 15 is 0 Å². The minimum absolute atomic E-state index is 0.582. The second-order valence-corrected chi connectivity index (χ2v) is 4.13. The third-order valence-corrected chi connectivity index (χ3v) is 3.14. The predicted molar refractivity (Wildman–Crippen MR) is 62.5 cm³/mol. The molecular formula is C11H10Cl2N2. The van der Waals surface area contributed by atoms with Crippen LogP contribution in [0.5, 0.6) is 0 Å². The number of halogens is 2. The first-order valence-corrected chi connectivity index (χ1v) is 5.35. The molecule has 1 aromatic carbocycles. The van der Waals surface area contributed by atoms with Crippen LogP contribution in [0.15, 0.2) is 30.5 Å². The summed E-state index contributed by atoms with van der Waals surface area (Å²) < 4.78 is 1.89. The predicted octanol–water partition coefficient (Wildman–Crippen LogP) is 3.55. The molecule has 0 aliphatic rings. The minimum Gasteiger partial charge on any atom is -0.265 e. The first-order valence-electron chi connectivity index (χ1n) is 4.60. The van der Waals surface area contributed by atoms with Crippen LogP contribution in [-0.2, 0) is 6.54 Å². The third-order valence-electron chi connectivity index (χ3n) is 2.28. The molecule has 78 valence electrons. The fourth-order valence-electron chi connectivity index (χ4n) is 1.40. The number of aryl methyl sites for hydroxylation is 1. The van der Waals surface area contributed by atoms with Crippen LogP contribution in [0.4, 0.5) is 0 Å². The molecule has 0 radical (unpaired) electrons. The Balaban J connectivity index is 2.33. The lowest BCUT2D eigenvalue weighted by molar-refractivity contribution is 0.665. The van der Waals surface area contributed by atoms with Gasteiger partial charge in [0.2, 0.25) is 0 Å². The Labute approximate surface area is 98.4 Å². The average Bonchev–Trinajstić information content (AvgIpc) is 2.60. The molecule has 0 saturated heterocycles. The van der Waals surface area contributed by atoms with Crippen molar-refractivity contribution >= 4 is 23.2 Å². The molecule has 2 nitrogen and oxygen atoms in total. The summed E-state index contributed by atoms with van der Waals surface area (Å²) >= 11 is 12.0. The first kappa shape index (κ1) is 10.5. The topological polar surface area (TPSA) is 17.8 Å². The van der Waals surface area contributed by atoms with Gasteiger partial charge in [-0.05, 0) is 24.6 Å². The summed E-state index contributed by atoms with van der Waals surface area (Å²) in [5.41, 5.74) is 2.09. The molecule has 0 saturated carbocycles. The van der Waals surface area contributed by atoms with Crippen LogP contribution >= 0.6 is 23.2 Å². The van der Waals surface area contributed by atoms with Gasteiger partial charge in [0.25, 0.3) is 0 Å². The molecule has 0 unspecified atom stereocenters. The molecule has 0 fully saturated rings. The third kappa shape index (κ3) is 2.16. The number of benzene rings is 1. The molecule has 0 bridgehead atoms. The van der Waals surface area contributed by atoms with E-state index in [-0.39, 0.29) is 0 Å². The lowest BCUT2D eigenvalue weighted by Crippen LogP contribution is -2.03. The van der Waals surface area contributed by atoms with Gasteiger partial charge in [-0.1, -0.05) is 35.3 Å². The Hall–Kier alpha value is -0.990. The molecule has 0 aliphatic heterocycles. The smallest absolute Gasteiger partial charge is 0.0677 e. The summed E-state index contributed by atoms with van der Waals surface area (Å²) in [5, 5.41) is 5.38. The zero-order valence-electron chi connectivity index (χ0n) is 8.24. The van der Waals surface area contributed by atoms with E-state index in [1.54, 1.807) is 12.3 Å². The van der Waals surface area contributed by atoms with Gasteiger partial charge in [-0.15, -0.1) is 0 Å². The number of rotatable bonds is 2. The lowest BCUT2D eigenvalue weighted by Gasteiger charge is -2.07. The van der Waals surface area contributed by atoms with Crippen molar-refractivity contribution in [2.45, 2.75) is 13.5 Å². The van der Waals surface area contributed by atoms with Crippen LogP contribution in [0.3, 0.4) is 0 Å². The van der Waals surface area contributed by atoms with Crippen LogP contribution < -0.4 is 0 Å². The number of hydrogen-bond donors (Lipinski definition) is 0. The summed E-state index contributed by atoms with van der Waals surface area (Å²) in [6.45, 7) is 2.66. The summed E-state index contributed by atoms with van der Waals surface area (Å²) in [6, 6.07) is 7.58. The number of nitrogens with zero attached hydrogens (tertiary/aromatic N) is 2. The van der Waals surface area contributed by atoms with E-state index in [1.165, 1.54) is 0 Å². The van der Waals surface area contributed by atoms with E-state index in [4.69, 9.17) is 23.2 Å². The van der Waals surface area contributed by atoms with E-state index in [1.807, 2.05) is 29.8 Å². The minimum atomic E-state index is 0.582. The maximum atomic E-state index is 6.09. The fourth-order valence-corrected chi connectivity index (χ4v) is 1.78. The lowest BCUT2D eigenvalue weighted by atomic mass is 10.2. The summed E-state index contributed by atoms with van der Waals surface area (Å²) in [6.07, 6.45) is 1.77. The second-order valence-electron chi connectivity index (χ2n) is 3.34. The normalized spacial score (nSPS) is 10.6. The van der Waals surface area contributed by atoms with Crippen molar-refractivity contribution in [2.75, 3.05) is 0 Å². The van der Waals surface area contributed by atoms with Gasteiger partial charge in [0.15, 0.2) is 0 Å². The fraction of sp³-hybridized carbons (Fsp3) is 0.182. The van der Waals surface area contributed by atoms with Crippen LogP contribution in [0.2, 0.25) is 10.0 Å². The SMILES string of the molecule is Cc1ccnn1Cc1cccc(Cl)c1Cl. The number of aromatic nitrogens is 2. The van der Waals surface area contributed by atoms with Crippen molar-refractivity contribution < 1.29 is 0 Å². The average molecular weight is 241 g/mol. The van der Waals surface area contributed by atoms with E-state index in [0.717, 1.165) is 11.3 Å². The van der Waals surface area contributed by atoms with E-state index in [0.29, 0.717) is 16.6 Å². The Morgan fingerprint density at radius 3 is 2.73 bits per heavy atom. The largest absolute Gasteiger partial charge is 0.265 e. The molecule has 15 heavy (non-hydrogen) atoms. The van der Waals surface area contributed by atoms with Crippen molar-refractivity contribution in [1.29, 1.82) is 0 Å². The zero-order valence-corrected chi connectivity index (χ0v) is 9.76. The van der Waals surface area contributed by atoms with Gasteiger partial charge < -0.3 is 0 Å². The summed E-state index contributed by atoms with van der Waals surface area (Å²) in [7, 11) is 0. The van der Waals surface area contributed by atoms with Crippen molar-refractivity contribution in [2.24, 2.45) is 0 Å². The van der Waals surface area contributed by atoms with E-state index in [2.05, 4.69) is 5.10 Å². The van der Waals surface area contributed by atoms with E-state index in [9.17, 15) is 0 Å². The monoisotopic (exact) mass is 240 g/mol. The molecule has 1 aromatic heterocycles. The molecule has 2 rings (SSSR count). The highest BCUT2D eigenvalue weighted by Crippen LogP contribution is 2.26. The quantitative estimate of drug-likeness (QED) is 0.786. The Kier molecular flexibility index (Phi) is 2.98. The molecular weight excluding hydrogens is 231 g/mol. The second kappa shape index (κ2) is 4.25. The molecule has 0 N–H and O–H groups in total. The van der Waals surface area contributed by atoms with Crippen molar-refractivity contribution in [3.8, 4) is 0 Å². The highest BCUT2D eigenvalue weighted by atomic mass is 35.5. The Morgan fingerprint density at radius 2 is 2.07 bits per heavy atom. The van der Waals surface area contributed by atoms with Crippen molar-refractivity contribution in [1.82, 2.24) is 9.78 Å². The molecule has 0 atom stereocenters. The Morgan fingerprint density at radius 1 is 1.27 bits per heavy atom. The number of hydrogen-bond acceptors (Lipinski definition) is 1. The van der Waals surface area contributed by atoms with Crippen LogP contribution in [0.1, 0.15) is 11.3 Å². The maximum absolute atomic E-state index is 6.09. The van der Waals surface area contributed by atoms with Gasteiger partial charge in [-0.25, -0.2) is 0 Å². The van der Waals surface area contributed by atoms with Crippen molar-refractivity contribution in [3.05, 3.63) is 51.8 Å². The molecule has 1 heterocycles. The van der Waals surface area contributed by atoms with Crippen LogP contribution in [-0.4, -0.2) is 9.78 Å². The Bertz CT molecular complexity index is 477. The molecule has 0 amide bonds. The van der Waals surface area contributed by atoms with Gasteiger partial charge in [0.1, 0.15) is 0 Å². The maximum Gasteiger partial charge on any atom is 0.0677 e. The summed E-state index contributed by atoms with van der Waals surface area (Å²) in [5.74, 6) is 0. The van der Waals surface area contributed by atoms with Gasteiger partial charge in [0, 0.05) is 11.9 Å². The molecule has 4 heteroatoms. The molecule has 0 aliphatic carbocycles. The van der Waals surface area contributed by atoms with Crippen LogP contribution in [0, 0.1) is 6.92 Å².